The van der Waals surface area contributed by atoms with E-state index in [0.717, 1.165) is 34.1 Å². The number of carbonyl (C=O) groups is 1. The van der Waals surface area contributed by atoms with Gasteiger partial charge in [0.2, 0.25) is 0 Å². The van der Waals surface area contributed by atoms with Gasteiger partial charge in [0.05, 0.1) is 18.1 Å². The highest BCUT2D eigenvalue weighted by molar-refractivity contribution is 5.70. The van der Waals surface area contributed by atoms with Gasteiger partial charge in [0.15, 0.2) is 0 Å². The van der Waals surface area contributed by atoms with Crippen LogP contribution in [0.15, 0.2) is 110 Å². The molecule has 214 valence electrons. The summed E-state index contributed by atoms with van der Waals surface area (Å²) in [5, 5.41) is 2.92. The molecule has 0 spiro atoms. The maximum Gasteiger partial charge on any atom is 0.407 e. The fraction of sp³-hybridized carbons (Fsp3) is 0.229. The minimum absolute atomic E-state index is 0.162. The van der Waals surface area contributed by atoms with Gasteiger partial charge < -0.3 is 14.8 Å². The zero-order valence-corrected chi connectivity index (χ0v) is 23.1. The number of halogens is 2. The van der Waals surface area contributed by atoms with Gasteiger partial charge >= 0.3 is 6.09 Å². The van der Waals surface area contributed by atoms with Gasteiger partial charge in [-0.1, -0.05) is 85.5 Å². The molecule has 0 radical (unpaired) electrons. The smallest absolute Gasteiger partial charge is 0.407 e. The van der Waals surface area contributed by atoms with Gasteiger partial charge in [0.25, 0.3) is 0 Å². The highest BCUT2D eigenvalue weighted by Crippen LogP contribution is 2.41. The summed E-state index contributed by atoms with van der Waals surface area (Å²) in [6.45, 7) is 4.72. The number of carbonyl (C=O) groups excluding carboxylic acids is 1. The van der Waals surface area contributed by atoms with Crippen molar-refractivity contribution in [3.05, 3.63) is 149 Å². The lowest BCUT2D eigenvalue weighted by Crippen LogP contribution is -2.54. The normalized spacial score (nSPS) is 20.1. The molecule has 0 aliphatic carbocycles. The number of hydrogen-bond acceptors (Lipinski definition) is 4. The second-order valence-electron chi connectivity index (χ2n) is 10.8. The number of nitrogens with one attached hydrogen (secondary N) is 1. The van der Waals surface area contributed by atoms with Crippen LogP contribution in [-0.4, -0.2) is 35.8 Å². The Hall–Kier alpha value is -4.49. The molecule has 42 heavy (non-hydrogen) atoms. The molecule has 6 rings (SSSR count). The van der Waals surface area contributed by atoms with E-state index in [9.17, 15) is 13.6 Å². The van der Waals surface area contributed by atoms with Crippen molar-refractivity contribution in [2.75, 3.05) is 6.61 Å². The van der Waals surface area contributed by atoms with Crippen LogP contribution in [0.5, 0.6) is 5.75 Å². The SMILES string of the molecule is C=CCOc1cccc2c1CN(C(c1ccccc1)c1ccccc1)[C@@H]([C@H]1OC(=O)N[C@H]1Cc1cc(F)cc(F)c1)C2. The summed E-state index contributed by atoms with van der Waals surface area (Å²) in [5.74, 6) is -0.510. The molecule has 0 saturated carbocycles. The lowest BCUT2D eigenvalue weighted by atomic mass is 9.83. The first-order chi connectivity index (χ1) is 20.5. The summed E-state index contributed by atoms with van der Waals surface area (Å²) in [4.78, 5) is 15.1. The Morgan fingerprint density at radius 1 is 0.952 bits per heavy atom. The van der Waals surface area contributed by atoms with Gasteiger partial charge in [0, 0.05) is 18.2 Å². The van der Waals surface area contributed by atoms with Gasteiger partial charge in [-0.3, -0.25) is 4.90 Å². The third-order valence-corrected chi connectivity index (χ3v) is 8.04. The van der Waals surface area contributed by atoms with E-state index in [1.54, 1.807) is 6.08 Å². The van der Waals surface area contributed by atoms with Crippen molar-refractivity contribution in [2.45, 2.75) is 43.6 Å². The molecule has 1 saturated heterocycles. The number of hydrogen-bond donors (Lipinski definition) is 1. The number of cyclic esters (lactones) is 1. The molecule has 7 heteroatoms. The molecular formula is C35H32F2N2O3. The Morgan fingerprint density at radius 2 is 1.62 bits per heavy atom. The molecule has 3 atom stereocenters. The highest BCUT2D eigenvalue weighted by Gasteiger charge is 2.46. The van der Waals surface area contributed by atoms with Crippen molar-refractivity contribution < 1.29 is 23.0 Å². The monoisotopic (exact) mass is 566 g/mol. The molecule has 0 unspecified atom stereocenters. The van der Waals surface area contributed by atoms with Crippen molar-refractivity contribution in [3.63, 3.8) is 0 Å². The van der Waals surface area contributed by atoms with Crippen molar-refractivity contribution in [1.29, 1.82) is 0 Å². The molecular weight excluding hydrogens is 534 g/mol. The lowest BCUT2D eigenvalue weighted by molar-refractivity contribution is 0.0182. The summed E-state index contributed by atoms with van der Waals surface area (Å²) in [6.07, 6.45) is 1.43. The van der Waals surface area contributed by atoms with E-state index in [1.165, 1.54) is 12.1 Å². The van der Waals surface area contributed by atoms with E-state index in [2.05, 4.69) is 47.1 Å². The molecule has 1 fully saturated rings. The molecule has 0 aromatic heterocycles. The third kappa shape index (κ3) is 5.78. The molecule has 0 bridgehead atoms. The molecule has 4 aromatic rings. The molecule has 5 nitrogen and oxygen atoms in total. The summed E-state index contributed by atoms with van der Waals surface area (Å²) < 4.78 is 40.2. The highest BCUT2D eigenvalue weighted by atomic mass is 19.1. The zero-order valence-electron chi connectivity index (χ0n) is 23.1. The zero-order chi connectivity index (χ0) is 29.1. The van der Waals surface area contributed by atoms with Gasteiger partial charge in [-0.2, -0.15) is 0 Å². The maximum atomic E-state index is 14.1. The Balaban J connectivity index is 1.45. The van der Waals surface area contributed by atoms with Crippen LogP contribution in [0, 0.1) is 11.6 Å². The van der Waals surface area contributed by atoms with Crippen LogP contribution in [0.1, 0.15) is 33.9 Å². The minimum atomic E-state index is -0.653. The van der Waals surface area contributed by atoms with Crippen LogP contribution >= 0.6 is 0 Å². The topological polar surface area (TPSA) is 50.8 Å². The molecule has 2 aliphatic heterocycles. The van der Waals surface area contributed by atoms with E-state index >= 15 is 0 Å². The van der Waals surface area contributed by atoms with Crippen LogP contribution in [0.2, 0.25) is 0 Å². The number of nitrogens with zero attached hydrogens (tertiary/aromatic N) is 1. The molecule has 2 heterocycles. The molecule has 1 N–H and O–H groups in total. The Kier molecular flexibility index (Phi) is 8.02. The van der Waals surface area contributed by atoms with Crippen molar-refractivity contribution in [1.82, 2.24) is 10.2 Å². The van der Waals surface area contributed by atoms with E-state index in [-0.39, 0.29) is 18.5 Å². The van der Waals surface area contributed by atoms with Gasteiger partial charge in [-0.15, -0.1) is 0 Å². The van der Waals surface area contributed by atoms with Gasteiger partial charge in [0.1, 0.15) is 30.1 Å². The largest absolute Gasteiger partial charge is 0.489 e. The Bertz CT molecular complexity index is 1500. The quantitative estimate of drug-likeness (QED) is 0.227. The van der Waals surface area contributed by atoms with Crippen molar-refractivity contribution in [3.8, 4) is 5.75 Å². The first kappa shape index (κ1) is 27.7. The number of ether oxygens (including phenoxy) is 2. The fourth-order valence-electron chi connectivity index (χ4n) is 6.31. The summed E-state index contributed by atoms with van der Waals surface area (Å²) >= 11 is 0. The number of rotatable bonds is 9. The van der Waals surface area contributed by atoms with Crippen LogP contribution in [0.3, 0.4) is 0 Å². The predicted molar refractivity (Wildman–Crippen MR) is 157 cm³/mol. The summed E-state index contributed by atoms with van der Waals surface area (Å²) in [5.41, 5.74) is 4.84. The van der Waals surface area contributed by atoms with E-state index in [1.807, 2.05) is 48.5 Å². The first-order valence-corrected chi connectivity index (χ1v) is 14.1. The van der Waals surface area contributed by atoms with Gasteiger partial charge in [-0.05, 0) is 53.3 Å². The molecule has 4 aromatic carbocycles. The second kappa shape index (κ2) is 12.2. The van der Waals surface area contributed by atoms with Gasteiger partial charge in [-0.25, -0.2) is 13.6 Å². The van der Waals surface area contributed by atoms with E-state index in [0.29, 0.717) is 25.1 Å². The average Bonchev–Trinajstić information content (AvgIpc) is 3.35. The van der Waals surface area contributed by atoms with Crippen molar-refractivity contribution in [2.24, 2.45) is 0 Å². The standard InChI is InChI=1S/C35H32F2N2O3/c1-2-16-41-32-15-9-14-26-20-31(34-30(38-35(40)42-34)19-23-17-27(36)21-28(37)18-23)39(22-29(26)32)33(24-10-5-3-6-11-24)25-12-7-4-8-13-25/h2-15,17-18,21,30-31,33-34H,1,16,19-20,22H2,(H,38,40)/t30-,31+,34-/m0/s1. The number of fused-ring (bicyclic) bond motifs is 1. The first-order valence-electron chi connectivity index (χ1n) is 14.1. The van der Waals surface area contributed by atoms with Crippen LogP contribution in [0.4, 0.5) is 13.6 Å². The third-order valence-electron chi connectivity index (χ3n) is 8.04. The van der Waals surface area contributed by atoms with Crippen LogP contribution < -0.4 is 10.1 Å². The minimum Gasteiger partial charge on any atom is -0.489 e. The number of amides is 1. The fourth-order valence-corrected chi connectivity index (χ4v) is 6.31. The lowest BCUT2D eigenvalue weighted by Gasteiger charge is -2.45. The number of alkyl carbamates (subject to hydrolysis) is 1. The number of benzene rings is 4. The van der Waals surface area contributed by atoms with E-state index < -0.39 is 29.9 Å². The summed E-state index contributed by atoms with van der Waals surface area (Å²) in [6, 6.07) is 29.1. The molecule has 2 aliphatic rings. The average molecular weight is 567 g/mol. The maximum absolute atomic E-state index is 14.1. The Morgan fingerprint density at radius 3 is 2.26 bits per heavy atom. The summed E-state index contributed by atoms with van der Waals surface area (Å²) in [7, 11) is 0. The van der Waals surface area contributed by atoms with E-state index in [4.69, 9.17) is 9.47 Å². The molecule has 1 amide bonds. The Labute approximate surface area is 244 Å². The predicted octanol–water partition coefficient (Wildman–Crippen LogP) is 6.77. The van der Waals surface area contributed by atoms with Crippen LogP contribution in [-0.2, 0) is 24.1 Å². The van der Waals surface area contributed by atoms with Crippen molar-refractivity contribution >= 4 is 6.09 Å². The van der Waals surface area contributed by atoms with Crippen LogP contribution in [0.25, 0.3) is 0 Å². The second-order valence-corrected chi connectivity index (χ2v) is 10.8.